The molecule has 0 saturated carbocycles. The third-order valence-electron chi connectivity index (χ3n) is 4.70. The van der Waals surface area contributed by atoms with Gasteiger partial charge in [0.1, 0.15) is 5.82 Å². The Bertz CT molecular complexity index is 678. The van der Waals surface area contributed by atoms with Crippen molar-refractivity contribution in [3.63, 3.8) is 0 Å². The van der Waals surface area contributed by atoms with Gasteiger partial charge >= 0.3 is 0 Å². The van der Waals surface area contributed by atoms with Gasteiger partial charge < -0.3 is 10.6 Å². The Balaban J connectivity index is 0.00000225. The summed E-state index contributed by atoms with van der Waals surface area (Å²) < 4.78 is 13.2. The smallest absolute Gasteiger partial charge is 0.224 e. The molecule has 2 unspecified atom stereocenters. The van der Waals surface area contributed by atoms with Crippen molar-refractivity contribution in [2.24, 2.45) is 5.73 Å². The highest BCUT2D eigenvalue weighted by atomic mass is 35.5. The van der Waals surface area contributed by atoms with E-state index in [0.29, 0.717) is 6.42 Å². The maximum atomic E-state index is 13.2. The van der Waals surface area contributed by atoms with Crippen molar-refractivity contribution in [1.29, 1.82) is 0 Å². The van der Waals surface area contributed by atoms with Gasteiger partial charge in [-0.2, -0.15) is 0 Å². The van der Waals surface area contributed by atoms with Crippen LogP contribution in [0.1, 0.15) is 48.9 Å². The molecule has 2 aromatic rings. The lowest BCUT2D eigenvalue weighted by Gasteiger charge is -2.36. The van der Waals surface area contributed by atoms with Crippen molar-refractivity contribution in [3.05, 3.63) is 71.5 Å². The van der Waals surface area contributed by atoms with E-state index in [1.807, 2.05) is 35.2 Å². The van der Waals surface area contributed by atoms with Crippen LogP contribution in [-0.4, -0.2) is 17.4 Å². The zero-order valence-corrected chi connectivity index (χ0v) is 14.9. The molecule has 1 fully saturated rings. The summed E-state index contributed by atoms with van der Waals surface area (Å²) in [5.74, 6) is -0.182. The summed E-state index contributed by atoms with van der Waals surface area (Å²) in [7, 11) is 0. The SMILES string of the molecule is Cl.NC(CC(=O)N1CCCCC1c1ccc(F)cc1)c1ccccc1. The molecule has 1 heterocycles. The van der Waals surface area contributed by atoms with Gasteiger partial charge in [-0.05, 0) is 42.5 Å². The number of halogens is 2. The van der Waals surface area contributed by atoms with E-state index in [2.05, 4.69) is 0 Å². The molecular weight excluding hydrogens is 339 g/mol. The molecule has 0 bridgehead atoms. The topological polar surface area (TPSA) is 46.3 Å². The highest BCUT2D eigenvalue weighted by Gasteiger charge is 2.28. The molecule has 3 nitrogen and oxygen atoms in total. The fraction of sp³-hybridized carbons (Fsp3) is 0.350. The van der Waals surface area contributed by atoms with Crippen LogP contribution in [0.25, 0.3) is 0 Å². The quantitative estimate of drug-likeness (QED) is 0.876. The average Bonchev–Trinajstić information content (AvgIpc) is 2.63. The molecule has 0 aliphatic carbocycles. The number of amides is 1. The Kier molecular flexibility index (Phi) is 6.97. The molecule has 0 spiro atoms. The second kappa shape index (κ2) is 8.97. The van der Waals surface area contributed by atoms with E-state index >= 15 is 0 Å². The van der Waals surface area contributed by atoms with E-state index < -0.39 is 0 Å². The number of carbonyl (C=O) groups excluding carboxylic acids is 1. The van der Waals surface area contributed by atoms with Crippen LogP contribution in [0, 0.1) is 5.82 Å². The molecule has 5 heteroatoms. The van der Waals surface area contributed by atoms with Crippen LogP contribution < -0.4 is 5.73 Å². The molecule has 3 rings (SSSR count). The number of likely N-dealkylation sites (tertiary alicyclic amines) is 1. The van der Waals surface area contributed by atoms with Crippen LogP contribution in [0.15, 0.2) is 54.6 Å². The van der Waals surface area contributed by atoms with Crippen molar-refractivity contribution in [2.45, 2.75) is 37.8 Å². The Hall–Kier alpha value is -1.91. The highest BCUT2D eigenvalue weighted by Crippen LogP contribution is 2.32. The van der Waals surface area contributed by atoms with Crippen molar-refractivity contribution >= 4 is 18.3 Å². The van der Waals surface area contributed by atoms with Crippen molar-refractivity contribution < 1.29 is 9.18 Å². The van der Waals surface area contributed by atoms with Gasteiger partial charge in [-0.15, -0.1) is 12.4 Å². The van der Waals surface area contributed by atoms with Crippen molar-refractivity contribution in [3.8, 4) is 0 Å². The number of nitrogens with zero attached hydrogens (tertiary/aromatic N) is 1. The normalized spacial score (nSPS) is 18.3. The van der Waals surface area contributed by atoms with E-state index in [-0.39, 0.29) is 36.2 Å². The van der Waals surface area contributed by atoms with E-state index in [1.54, 1.807) is 12.1 Å². The molecule has 1 aliphatic rings. The molecule has 134 valence electrons. The van der Waals surface area contributed by atoms with Crippen LogP contribution >= 0.6 is 12.4 Å². The largest absolute Gasteiger partial charge is 0.336 e. The van der Waals surface area contributed by atoms with Gasteiger partial charge in [0.05, 0.1) is 6.04 Å². The minimum Gasteiger partial charge on any atom is -0.336 e. The first-order valence-corrected chi connectivity index (χ1v) is 8.50. The molecule has 1 aliphatic heterocycles. The van der Waals surface area contributed by atoms with E-state index in [1.165, 1.54) is 12.1 Å². The summed E-state index contributed by atoms with van der Waals surface area (Å²) >= 11 is 0. The van der Waals surface area contributed by atoms with Crippen LogP contribution in [-0.2, 0) is 4.79 Å². The zero-order valence-electron chi connectivity index (χ0n) is 14.1. The Morgan fingerprint density at radius 3 is 2.48 bits per heavy atom. The van der Waals surface area contributed by atoms with Gasteiger partial charge in [0.25, 0.3) is 0 Å². The predicted octanol–water partition coefficient (Wildman–Crippen LogP) is 4.39. The number of piperidine rings is 1. The number of hydrogen-bond donors (Lipinski definition) is 1. The number of hydrogen-bond acceptors (Lipinski definition) is 2. The molecule has 2 atom stereocenters. The molecule has 2 aromatic carbocycles. The van der Waals surface area contributed by atoms with E-state index in [0.717, 1.165) is 36.9 Å². The molecule has 25 heavy (non-hydrogen) atoms. The lowest BCUT2D eigenvalue weighted by Crippen LogP contribution is -2.39. The summed E-state index contributed by atoms with van der Waals surface area (Å²) in [6.07, 6.45) is 3.29. The Morgan fingerprint density at radius 1 is 1.12 bits per heavy atom. The van der Waals surface area contributed by atoms with E-state index in [4.69, 9.17) is 5.73 Å². The maximum Gasteiger partial charge on any atom is 0.224 e. The van der Waals surface area contributed by atoms with Crippen LogP contribution in [0.4, 0.5) is 4.39 Å². The predicted molar refractivity (Wildman–Crippen MR) is 99.9 cm³/mol. The zero-order chi connectivity index (χ0) is 16.9. The maximum absolute atomic E-state index is 13.2. The first-order valence-electron chi connectivity index (χ1n) is 8.50. The standard InChI is InChI=1S/C20H23FN2O.ClH/c21-17-11-9-16(10-12-17)19-8-4-5-13-23(19)20(24)14-18(22)15-6-2-1-3-7-15;/h1-3,6-7,9-12,18-19H,4-5,8,13-14,22H2;1H. The lowest BCUT2D eigenvalue weighted by atomic mass is 9.94. The minimum absolute atomic E-state index is 0. The Morgan fingerprint density at radius 2 is 1.80 bits per heavy atom. The summed E-state index contributed by atoms with van der Waals surface area (Å²) in [5.41, 5.74) is 8.18. The fourth-order valence-corrected chi connectivity index (χ4v) is 3.39. The van der Waals surface area contributed by atoms with Gasteiger partial charge in [0.2, 0.25) is 5.91 Å². The van der Waals surface area contributed by atoms with Gasteiger partial charge in [-0.25, -0.2) is 4.39 Å². The van der Waals surface area contributed by atoms with Crippen LogP contribution in [0.5, 0.6) is 0 Å². The average molecular weight is 363 g/mol. The second-order valence-electron chi connectivity index (χ2n) is 6.37. The number of nitrogens with two attached hydrogens (primary N) is 1. The second-order valence-corrected chi connectivity index (χ2v) is 6.37. The Labute approximate surface area is 154 Å². The number of carbonyl (C=O) groups is 1. The van der Waals surface area contributed by atoms with Crippen LogP contribution in [0.3, 0.4) is 0 Å². The van der Waals surface area contributed by atoms with E-state index in [9.17, 15) is 9.18 Å². The summed E-state index contributed by atoms with van der Waals surface area (Å²) in [6.45, 7) is 0.738. The van der Waals surface area contributed by atoms with Gasteiger partial charge in [0.15, 0.2) is 0 Å². The van der Waals surface area contributed by atoms with Crippen LogP contribution in [0.2, 0.25) is 0 Å². The molecule has 0 radical (unpaired) electrons. The molecule has 1 amide bonds. The fourth-order valence-electron chi connectivity index (χ4n) is 3.39. The third kappa shape index (κ3) is 4.80. The molecule has 1 saturated heterocycles. The van der Waals surface area contributed by atoms with Gasteiger partial charge in [-0.3, -0.25) is 4.79 Å². The minimum atomic E-state index is -0.297. The summed E-state index contributed by atoms with van der Waals surface area (Å²) in [6, 6.07) is 15.9. The molecule has 0 aromatic heterocycles. The molecular formula is C20H24ClFN2O. The third-order valence-corrected chi connectivity index (χ3v) is 4.70. The van der Waals surface area contributed by atoms with Gasteiger partial charge in [-0.1, -0.05) is 42.5 Å². The monoisotopic (exact) mass is 362 g/mol. The van der Waals surface area contributed by atoms with Crippen molar-refractivity contribution in [1.82, 2.24) is 4.90 Å². The number of benzene rings is 2. The first-order chi connectivity index (χ1) is 11.6. The number of rotatable bonds is 4. The molecule has 2 N–H and O–H groups in total. The lowest BCUT2D eigenvalue weighted by molar-refractivity contribution is -0.135. The summed E-state index contributed by atoms with van der Waals surface area (Å²) in [4.78, 5) is 14.7. The first kappa shape index (κ1) is 19.4. The summed E-state index contributed by atoms with van der Waals surface area (Å²) in [5, 5.41) is 0. The van der Waals surface area contributed by atoms with Crippen molar-refractivity contribution in [2.75, 3.05) is 6.54 Å². The van der Waals surface area contributed by atoms with Gasteiger partial charge in [0, 0.05) is 19.0 Å². The highest BCUT2D eigenvalue weighted by molar-refractivity contribution is 5.85.